The van der Waals surface area contributed by atoms with Gasteiger partial charge in [0.05, 0.1) is 23.4 Å². The normalized spacial score (nSPS) is 17.5. The van der Waals surface area contributed by atoms with Crippen molar-refractivity contribution in [3.05, 3.63) is 71.5 Å². The number of thiophene rings is 1. The van der Waals surface area contributed by atoms with Crippen LogP contribution in [0.3, 0.4) is 0 Å². The van der Waals surface area contributed by atoms with E-state index in [1.54, 1.807) is 0 Å². The lowest BCUT2D eigenvalue weighted by atomic mass is 9.92. The lowest BCUT2D eigenvalue weighted by molar-refractivity contribution is 0.122. The summed E-state index contributed by atoms with van der Waals surface area (Å²) in [6, 6.07) is 17.0. The SMILES string of the molecule is c1ccc(CC2CCN(Cc3cc4nc(-c5cccc6[nH]ccc56)nc(N5CCOCC5)c4s3)CC2)nc1. The zero-order valence-electron chi connectivity index (χ0n) is 21.5. The number of fused-ring (bicyclic) bond motifs is 2. The maximum absolute atomic E-state index is 5.65. The number of hydrogen-bond donors (Lipinski definition) is 1. The molecule has 4 aromatic heterocycles. The van der Waals surface area contributed by atoms with Gasteiger partial charge in [-0.1, -0.05) is 18.2 Å². The molecule has 6 heterocycles. The van der Waals surface area contributed by atoms with E-state index < -0.39 is 0 Å². The molecule has 38 heavy (non-hydrogen) atoms. The number of morpholine rings is 1. The number of pyridine rings is 1. The topological polar surface area (TPSA) is 70.2 Å². The lowest BCUT2D eigenvalue weighted by Gasteiger charge is -2.31. The van der Waals surface area contributed by atoms with Gasteiger partial charge in [-0.2, -0.15) is 0 Å². The van der Waals surface area contributed by atoms with Gasteiger partial charge in [-0.05, 0) is 68.6 Å². The number of nitrogens with one attached hydrogen (secondary N) is 1. The lowest BCUT2D eigenvalue weighted by Crippen LogP contribution is -2.36. The molecule has 1 aromatic carbocycles. The maximum Gasteiger partial charge on any atom is 0.162 e. The van der Waals surface area contributed by atoms with Crippen LogP contribution in [0.15, 0.2) is 60.9 Å². The van der Waals surface area contributed by atoms with Gasteiger partial charge in [-0.15, -0.1) is 11.3 Å². The number of anilines is 1. The molecular formula is C30H32N6OS. The first-order valence-electron chi connectivity index (χ1n) is 13.6. The van der Waals surface area contributed by atoms with Gasteiger partial charge in [0, 0.05) is 59.1 Å². The molecule has 2 aliphatic rings. The highest BCUT2D eigenvalue weighted by Crippen LogP contribution is 2.37. The van der Waals surface area contributed by atoms with Gasteiger partial charge in [0.25, 0.3) is 0 Å². The summed E-state index contributed by atoms with van der Waals surface area (Å²) in [7, 11) is 0. The second-order valence-electron chi connectivity index (χ2n) is 10.4. The van der Waals surface area contributed by atoms with E-state index in [1.165, 1.54) is 28.1 Å². The summed E-state index contributed by atoms with van der Waals surface area (Å²) >= 11 is 1.86. The summed E-state index contributed by atoms with van der Waals surface area (Å²) in [5.41, 5.74) is 4.45. The van der Waals surface area contributed by atoms with Crippen molar-refractivity contribution >= 4 is 38.3 Å². The Hall–Kier alpha value is -3.33. The Kier molecular flexibility index (Phi) is 6.53. The van der Waals surface area contributed by atoms with Crippen molar-refractivity contribution in [1.82, 2.24) is 24.8 Å². The molecule has 0 radical (unpaired) electrons. The zero-order valence-corrected chi connectivity index (χ0v) is 22.3. The Morgan fingerprint density at radius 1 is 0.974 bits per heavy atom. The molecule has 0 saturated carbocycles. The minimum Gasteiger partial charge on any atom is -0.378 e. The molecule has 2 saturated heterocycles. The largest absolute Gasteiger partial charge is 0.378 e. The molecule has 2 fully saturated rings. The quantitative estimate of drug-likeness (QED) is 0.315. The summed E-state index contributed by atoms with van der Waals surface area (Å²) in [6.45, 7) is 6.43. The van der Waals surface area contributed by atoms with E-state index in [9.17, 15) is 0 Å². The highest BCUT2D eigenvalue weighted by Gasteiger charge is 2.23. The van der Waals surface area contributed by atoms with E-state index in [0.29, 0.717) is 0 Å². The number of nitrogens with zero attached hydrogens (tertiary/aromatic N) is 5. The van der Waals surface area contributed by atoms with Gasteiger partial charge in [0.1, 0.15) is 0 Å². The van der Waals surface area contributed by atoms with Crippen molar-refractivity contribution < 1.29 is 4.74 Å². The molecule has 7 rings (SSSR count). The van der Waals surface area contributed by atoms with E-state index in [0.717, 1.165) is 91.9 Å². The van der Waals surface area contributed by atoms with Crippen LogP contribution in [0.2, 0.25) is 0 Å². The third-order valence-electron chi connectivity index (χ3n) is 7.86. The second kappa shape index (κ2) is 10.4. The number of aromatic nitrogens is 4. The van der Waals surface area contributed by atoms with Crippen LogP contribution in [0, 0.1) is 5.92 Å². The van der Waals surface area contributed by atoms with Gasteiger partial charge in [-0.3, -0.25) is 9.88 Å². The van der Waals surface area contributed by atoms with Crippen LogP contribution in [0.5, 0.6) is 0 Å². The molecule has 0 bridgehead atoms. The first kappa shape index (κ1) is 23.8. The monoisotopic (exact) mass is 524 g/mol. The van der Waals surface area contributed by atoms with Crippen LogP contribution in [-0.2, 0) is 17.7 Å². The first-order chi connectivity index (χ1) is 18.8. The van der Waals surface area contributed by atoms with Crippen LogP contribution in [0.1, 0.15) is 23.4 Å². The molecular weight excluding hydrogens is 492 g/mol. The third-order valence-corrected chi connectivity index (χ3v) is 8.97. The van der Waals surface area contributed by atoms with Crippen molar-refractivity contribution in [3.8, 4) is 11.4 Å². The summed E-state index contributed by atoms with van der Waals surface area (Å²) in [4.78, 5) is 24.5. The van der Waals surface area contributed by atoms with Crippen molar-refractivity contribution in [1.29, 1.82) is 0 Å². The zero-order chi connectivity index (χ0) is 25.3. The number of benzene rings is 1. The van der Waals surface area contributed by atoms with Crippen LogP contribution in [0.4, 0.5) is 5.82 Å². The van der Waals surface area contributed by atoms with Gasteiger partial charge in [0.15, 0.2) is 11.6 Å². The van der Waals surface area contributed by atoms with Crippen LogP contribution >= 0.6 is 11.3 Å². The van der Waals surface area contributed by atoms with E-state index in [-0.39, 0.29) is 0 Å². The van der Waals surface area contributed by atoms with Crippen molar-refractivity contribution in [2.75, 3.05) is 44.3 Å². The van der Waals surface area contributed by atoms with Gasteiger partial charge in [-0.25, -0.2) is 9.97 Å². The number of hydrogen-bond acceptors (Lipinski definition) is 7. The minimum atomic E-state index is 0.723. The Bertz CT molecular complexity index is 1530. The number of ether oxygens (including phenoxy) is 1. The first-order valence-corrected chi connectivity index (χ1v) is 14.4. The second-order valence-corrected chi connectivity index (χ2v) is 11.5. The molecule has 7 nitrogen and oxygen atoms in total. The number of H-pyrrole nitrogens is 1. The highest BCUT2D eigenvalue weighted by atomic mass is 32.1. The van der Waals surface area contributed by atoms with Crippen LogP contribution in [-0.4, -0.2) is 64.2 Å². The smallest absolute Gasteiger partial charge is 0.162 e. The number of likely N-dealkylation sites (tertiary alicyclic amines) is 1. The molecule has 2 aliphatic heterocycles. The number of rotatable bonds is 6. The molecule has 1 N–H and O–H groups in total. The Morgan fingerprint density at radius 2 is 1.87 bits per heavy atom. The molecule has 0 amide bonds. The molecule has 8 heteroatoms. The molecule has 5 aromatic rings. The summed E-state index contributed by atoms with van der Waals surface area (Å²) < 4.78 is 6.84. The minimum absolute atomic E-state index is 0.723. The van der Waals surface area contributed by atoms with Crippen molar-refractivity contribution in [3.63, 3.8) is 0 Å². The number of aromatic amines is 1. The molecule has 0 spiro atoms. The third kappa shape index (κ3) is 4.79. The fourth-order valence-corrected chi connectivity index (χ4v) is 6.97. The average Bonchev–Trinajstić information content (AvgIpc) is 3.61. The van der Waals surface area contributed by atoms with Crippen LogP contribution < -0.4 is 4.90 Å². The predicted octanol–water partition coefficient (Wildman–Crippen LogP) is 5.53. The Labute approximate surface area is 226 Å². The van der Waals surface area contributed by atoms with E-state index in [2.05, 4.69) is 62.2 Å². The fraction of sp³-hybridized carbons (Fsp3) is 0.367. The fourth-order valence-electron chi connectivity index (χ4n) is 5.82. The molecule has 194 valence electrons. The Balaban J connectivity index is 1.15. The van der Waals surface area contributed by atoms with Crippen LogP contribution in [0.25, 0.3) is 32.5 Å². The predicted molar refractivity (Wildman–Crippen MR) is 154 cm³/mol. The van der Waals surface area contributed by atoms with E-state index >= 15 is 0 Å². The standard InChI is InChI=1S/C30H32N6OS/c1-2-10-31-22(4-1)18-21-8-12-35(13-9-21)20-23-19-27-28(38-23)30(36-14-16-37-17-15-36)34-29(33-27)25-5-3-6-26-24(25)7-11-32-26/h1-7,10-11,19,21,32H,8-9,12-18,20H2. The van der Waals surface area contributed by atoms with Gasteiger partial charge >= 0.3 is 0 Å². The molecule has 0 aliphatic carbocycles. The highest BCUT2D eigenvalue weighted by molar-refractivity contribution is 7.19. The summed E-state index contributed by atoms with van der Waals surface area (Å²) in [6.07, 6.45) is 7.44. The average molecular weight is 525 g/mol. The molecule has 0 unspecified atom stereocenters. The summed E-state index contributed by atoms with van der Waals surface area (Å²) in [5.74, 6) is 2.57. The van der Waals surface area contributed by atoms with Gasteiger partial charge < -0.3 is 14.6 Å². The van der Waals surface area contributed by atoms with E-state index in [1.807, 2.05) is 29.8 Å². The summed E-state index contributed by atoms with van der Waals surface area (Å²) in [5, 5.41) is 1.16. The van der Waals surface area contributed by atoms with E-state index in [4.69, 9.17) is 14.7 Å². The molecule has 0 atom stereocenters. The Morgan fingerprint density at radius 3 is 2.71 bits per heavy atom. The maximum atomic E-state index is 5.65. The van der Waals surface area contributed by atoms with Crippen molar-refractivity contribution in [2.24, 2.45) is 5.92 Å². The number of piperidine rings is 1. The van der Waals surface area contributed by atoms with Crippen molar-refractivity contribution in [2.45, 2.75) is 25.8 Å². The van der Waals surface area contributed by atoms with Gasteiger partial charge in [0.2, 0.25) is 0 Å².